The second kappa shape index (κ2) is 5.19. The van der Waals surface area contributed by atoms with Gasteiger partial charge in [-0.3, -0.25) is 0 Å². The Morgan fingerprint density at radius 1 is 1.18 bits per heavy atom. The molecule has 2 N–H and O–H groups in total. The largest absolute Gasteiger partial charge is 0.384 e. The van der Waals surface area contributed by atoms with E-state index in [4.69, 9.17) is 0 Å². The van der Waals surface area contributed by atoms with Gasteiger partial charge in [0, 0.05) is 6.04 Å². The molecule has 0 bridgehead atoms. The molecule has 2 atom stereocenters. The molecule has 1 aliphatic heterocycles. The molecule has 2 heteroatoms. The Kier molecular flexibility index (Phi) is 3.85. The van der Waals surface area contributed by atoms with Crippen LogP contribution in [-0.4, -0.2) is 17.7 Å². The van der Waals surface area contributed by atoms with E-state index in [2.05, 4.69) is 24.4 Å². The van der Waals surface area contributed by atoms with Gasteiger partial charge >= 0.3 is 0 Å². The van der Waals surface area contributed by atoms with E-state index in [0.29, 0.717) is 0 Å². The van der Waals surface area contributed by atoms with Gasteiger partial charge in [0.15, 0.2) is 0 Å². The van der Waals surface area contributed by atoms with Crippen molar-refractivity contribution in [3.63, 3.8) is 0 Å². The van der Waals surface area contributed by atoms with Gasteiger partial charge in [-0.1, -0.05) is 42.7 Å². The molecule has 0 saturated carbocycles. The first-order valence-electron chi connectivity index (χ1n) is 6.63. The van der Waals surface area contributed by atoms with E-state index in [1.165, 1.54) is 24.8 Å². The lowest BCUT2D eigenvalue weighted by molar-refractivity contribution is 0.0136. The van der Waals surface area contributed by atoms with Crippen LogP contribution < -0.4 is 5.32 Å². The summed E-state index contributed by atoms with van der Waals surface area (Å²) < 4.78 is 0. The van der Waals surface area contributed by atoms with E-state index in [1.54, 1.807) is 0 Å². The molecule has 0 aliphatic carbocycles. The highest BCUT2D eigenvalue weighted by atomic mass is 16.3. The van der Waals surface area contributed by atoms with E-state index in [-0.39, 0.29) is 6.04 Å². The molecular weight excluding hydrogens is 210 g/mol. The summed E-state index contributed by atoms with van der Waals surface area (Å²) in [5.74, 6) is 0. The fraction of sp³-hybridized carbons (Fsp3) is 0.600. The van der Waals surface area contributed by atoms with Crippen molar-refractivity contribution in [1.82, 2.24) is 5.32 Å². The smallest absolute Gasteiger partial charge is 0.102 e. The van der Waals surface area contributed by atoms with E-state index < -0.39 is 5.60 Å². The average molecular weight is 233 g/mol. The lowest BCUT2D eigenvalue weighted by atomic mass is 9.85. The van der Waals surface area contributed by atoms with Gasteiger partial charge in [0.2, 0.25) is 0 Å². The van der Waals surface area contributed by atoms with E-state index in [0.717, 1.165) is 18.5 Å². The quantitative estimate of drug-likeness (QED) is 0.823. The molecule has 1 fully saturated rings. The van der Waals surface area contributed by atoms with Crippen molar-refractivity contribution in [3.8, 4) is 0 Å². The Hall–Kier alpha value is -0.860. The summed E-state index contributed by atoms with van der Waals surface area (Å²) in [6.45, 7) is 5.02. The minimum Gasteiger partial charge on any atom is -0.384 e. The Morgan fingerprint density at radius 2 is 1.88 bits per heavy atom. The van der Waals surface area contributed by atoms with Gasteiger partial charge in [-0.15, -0.1) is 0 Å². The van der Waals surface area contributed by atoms with Crippen LogP contribution in [0.15, 0.2) is 24.3 Å². The molecule has 0 spiro atoms. The first kappa shape index (κ1) is 12.6. The number of hydrogen-bond donors (Lipinski definition) is 2. The second-order valence-electron chi connectivity index (χ2n) is 5.37. The van der Waals surface area contributed by atoms with Crippen LogP contribution in [0.3, 0.4) is 0 Å². The predicted octanol–water partition coefficient (Wildman–Crippen LogP) is 2.73. The highest BCUT2D eigenvalue weighted by molar-refractivity contribution is 5.27. The zero-order chi connectivity index (χ0) is 12.3. The predicted molar refractivity (Wildman–Crippen MR) is 71.0 cm³/mol. The van der Waals surface area contributed by atoms with Gasteiger partial charge in [-0.25, -0.2) is 0 Å². The van der Waals surface area contributed by atoms with Crippen molar-refractivity contribution in [1.29, 1.82) is 0 Å². The van der Waals surface area contributed by atoms with Gasteiger partial charge in [-0.05, 0) is 38.8 Å². The zero-order valence-electron chi connectivity index (χ0n) is 10.9. The molecule has 17 heavy (non-hydrogen) atoms. The normalized spacial score (nSPS) is 25.0. The van der Waals surface area contributed by atoms with Crippen molar-refractivity contribution < 1.29 is 5.11 Å². The zero-order valence-corrected chi connectivity index (χ0v) is 10.9. The maximum atomic E-state index is 10.8. The lowest BCUT2D eigenvalue weighted by Crippen LogP contribution is -2.46. The molecule has 1 aromatic carbocycles. The summed E-state index contributed by atoms with van der Waals surface area (Å²) in [5.41, 5.74) is 1.48. The van der Waals surface area contributed by atoms with Crippen molar-refractivity contribution in [2.45, 2.75) is 51.2 Å². The Bertz CT molecular complexity index is 348. The molecule has 1 aliphatic rings. The number of rotatable bonds is 2. The maximum Gasteiger partial charge on any atom is 0.102 e. The molecule has 94 valence electrons. The third-order valence-electron chi connectivity index (χ3n) is 3.87. The first-order chi connectivity index (χ1) is 8.10. The van der Waals surface area contributed by atoms with Crippen LogP contribution in [-0.2, 0) is 5.60 Å². The third-order valence-corrected chi connectivity index (χ3v) is 3.87. The average Bonchev–Trinajstić information content (AvgIpc) is 2.58. The summed E-state index contributed by atoms with van der Waals surface area (Å²) in [6, 6.07) is 8.40. The lowest BCUT2D eigenvalue weighted by Gasteiger charge is -2.33. The monoisotopic (exact) mass is 233 g/mol. The molecule has 1 aromatic rings. The van der Waals surface area contributed by atoms with Crippen molar-refractivity contribution >= 4 is 0 Å². The van der Waals surface area contributed by atoms with Gasteiger partial charge < -0.3 is 10.4 Å². The van der Waals surface area contributed by atoms with Crippen molar-refractivity contribution in [2.24, 2.45) is 0 Å². The van der Waals surface area contributed by atoms with E-state index >= 15 is 0 Å². The second-order valence-corrected chi connectivity index (χ2v) is 5.37. The van der Waals surface area contributed by atoms with Crippen molar-refractivity contribution in [2.75, 3.05) is 6.54 Å². The standard InChI is InChI=1S/C15H23NO/c1-12-7-9-13(10-8-12)15(2,17)14-6-4-3-5-11-16-14/h7-10,14,16-17H,3-6,11H2,1-2H3. The fourth-order valence-electron chi connectivity index (χ4n) is 2.60. The first-order valence-corrected chi connectivity index (χ1v) is 6.63. The van der Waals surface area contributed by atoms with Crippen LogP contribution in [0.25, 0.3) is 0 Å². The molecule has 1 heterocycles. The van der Waals surface area contributed by atoms with Crippen LogP contribution >= 0.6 is 0 Å². The summed E-state index contributed by atoms with van der Waals surface area (Å²) in [5, 5.41) is 14.2. The van der Waals surface area contributed by atoms with Crippen LogP contribution in [0.2, 0.25) is 0 Å². The summed E-state index contributed by atoms with van der Waals surface area (Å²) in [7, 11) is 0. The Morgan fingerprint density at radius 3 is 2.59 bits per heavy atom. The Balaban J connectivity index is 2.18. The summed E-state index contributed by atoms with van der Waals surface area (Å²) in [4.78, 5) is 0. The molecule has 2 unspecified atom stereocenters. The highest BCUT2D eigenvalue weighted by Crippen LogP contribution is 2.29. The van der Waals surface area contributed by atoms with Crippen LogP contribution in [0.4, 0.5) is 0 Å². The molecule has 0 aromatic heterocycles. The SMILES string of the molecule is Cc1ccc(C(C)(O)C2CCCCCN2)cc1. The number of aliphatic hydroxyl groups is 1. The summed E-state index contributed by atoms with van der Waals surface area (Å²) in [6.07, 6.45) is 4.76. The topological polar surface area (TPSA) is 32.3 Å². The van der Waals surface area contributed by atoms with Gasteiger partial charge in [-0.2, -0.15) is 0 Å². The molecule has 2 nitrogen and oxygen atoms in total. The van der Waals surface area contributed by atoms with E-state index in [9.17, 15) is 5.11 Å². The number of benzene rings is 1. The van der Waals surface area contributed by atoms with Crippen molar-refractivity contribution in [3.05, 3.63) is 35.4 Å². The molecule has 2 rings (SSSR count). The third kappa shape index (κ3) is 2.88. The van der Waals surface area contributed by atoms with Gasteiger partial charge in [0.25, 0.3) is 0 Å². The van der Waals surface area contributed by atoms with E-state index in [1.807, 2.05) is 19.1 Å². The maximum absolute atomic E-state index is 10.8. The summed E-state index contributed by atoms with van der Waals surface area (Å²) >= 11 is 0. The number of nitrogens with one attached hydrogen (secondary N) is 1. The molecular formula is C15H23NO. The minimum atomic E-state index is -0.766. The van der Waals surface area contributed by atoms with Gasteiger partial charge in [0.1, 0.15) is 5.60 Å². The van der Waals surface area contributed by atoms with Crippen LogP contribution in [0.5, 0.6) is 0 Å². The highest BCUT2D eigenvalue weighted by Gasteiger charge is 2.33. The Labute approximate surface area is 104 Å². The molecule has 0 radical (unpaired) electrons. The fourth-order valence-corrected chi connectivity index (χ4v) is 2.60. The molecule has 0 amide bonds. The van der Waals surface area contributed by atoms with Gasteiger partial charge in [0.05, 0.1) is 0 Å². The number of aryl methyl sites for hydroxylation is 1. The minimum absolute atomic E-state index is 0.174. The van der Waals surface area contributed by atoms with Crippen LogP contribution in [0.1, 0.15) is 43.7 Å². The molecule has 1 saturated heterocycles. The number of hydrogen-bond acceptors (Lipinski definition) is 2. The van der Waals surface area contributed by atoms with Crippen LogP contribution in [0, 0.1) is 6.92 Å².